The number of hydrogen-bond donors (Lipinski definition) is 2. The van der Waals surface area contributed by atoms with Crippen LogP contribution >= 0.6 is 15.9 Å². The molecule has 0 unspecified atom stereocenters. The molecule has 1 aromatic carbocycles. The van der Waals surface area contributed by atoms with Crippen LogP contribution in [-0.4, -0.2) is 42.4 Å². The van der Waals surface area contributed by atoms with Crippen LogP contribution in [0.25, 0.3) is 0 Å². The lowest BCUT2D eigenvalue weighted by molar-refractivity contribution is 0.0911. The SMILES string of the molecule is CCN1CCC(NC(=O)c2cccc(NC(=O)c3ccc(Br)o3)c2)CC1. The summed E-state index contributed by atoms with van der Waals surface area (Å²) in [5, 5.41) is 5.84. The van der Waals surface area contributed by atoms with Gasteiger partial charge in [-0.25, -0.2) is 0 Å². The Bertz CT molecular complexity index is 782. The summed E-state index contributed by atoms with van der Waals surface area (Å²) >= 11 is 3.17. The molecule has 0 saturated carbocycles. The largest absolute Gasteiger partial charge is 0.444 e. The number of hydrogen-bond acceptors (Lipinski definition) is 4. The van der Waals surface area contributed by atoms with Crippen LogP contribution < -0.4 is 10.6 Å². The zero-order chi connectivity index (χ0) is 18.5. The van der Waals surface area contributed by atoms with Crippen LogP contribution in [0.5, 0.6) is 0 Å². The Morgan fingerprint density at radius 1 is 1.19 bits per heavy atom. The minimum Gasteiger partial charge on any atom is -0.444 e. The fourth-order valence-corrected chi connectivity index (χ4v) is 3.34. The third-order valence-corrected chi connectivity index (χ3v) is 4.98. The van der Waals surface area contributed by atoms with Crippen LogP contribution in [0.4, 0.5) is 5.69 Å². The summed E-state index contributed by atoms with van der Waals surface area (Å²) < 4.78 is 5.73. The standard InChI is InChI=1S/C19H22BrN3O3/c1-2-23-10-8-14(9-11-23)21-18(24)13-4-3-5-15(12-13)22-19(25)16-6-7-17(20)26-16/h3-7,12,14H,2,8-11H2,1H3,(H,21,24)(H,22,25). The molecule has 1 fully saturated rings. The second-order valence-corrected chi connectivity index (χ2v) is 7.10. The molecule has 0 bridgehead atoms. The molecule has 0 atom stereocenters. The number of amides is 2. The normalized spacial score (nSPS) is 15.6. The van der Waals surface area contributed by atoms with E-state index in [1.807, 2.05) is 0 Å². The summed E-state index contributed by atoms with van der Waals surface area (Å²) in [7, 11) is 0. The number of benzene rings is 1. The average molecular weight is 420 g/mol. The van der Waals surface area contributed by atoms with Crippen LogP contribution in [0, 0.1) is 0 Å². The average Bonchev–Trinajstić information content (AvgIpc) is 3.09. The third kappa shape index (κ3) is 4.74. The van der Waals surface area contributed by atoms with Crippen molar-refractivity contribution in [2.24, 2.45) is 0 Å². The van der Waals surface area contributed by atoms with Gasteiger partial charge in [-0.3, -0.25) is 9.59 Å². The molecule has 2 amide bonds. The van der Waals surface area contributed by atoms with E-state index in [0.717, 1.165) is 32.5 Å². The predicted molar refractivity (Wildman–Crippen MR) is 103 cm³/mol. The Kier molecular flexibility index (Phi) is 6.11. The van der Waals surface area contributed by atoms with Gasteiger partial charge in [0.15, 0.2) is 10.4 Å². The van der Waals surface area contributed by atoms with Crippen molar-refractivity contribution in [1.29, 1.82) is 0 Å². The van der Waals surface area contributed by atoms with Gasteiger partial charge in [-0.1, -0.05) is 13.0 Å². The second-order valence-electron chi connectivity index (χ2n) is 6.32. The summed E-state index contributed by atoms with van der Waals surface area (Å²) in [5.74, 6) is -0.272. The molecule has 138 valence electrons. The highest BCUT2D eigenvalue weighted by molar-refractivity contribution is 9.10. The monoisotopic (exact) mass is 419 g/mol. The van der Waals surface area contributed by atoms with Crippen LogP contribution in [0.15, 0.2) is 45.5 Å². The van der Waals surface area contributed by atoms with Gasteiger partial charge in [0, 0.05) is 30.4 Å². The van der Waals surface area contributed by atoms with Crippen molar-refractivity contribution in [3.05, 3.63) is 52.4 Å². The first kappa shape index (κ1) is 18.7. The first-order chi connectivity index (χ1) is 12.5. The highest BCUT2D eigenvalue weighted by atomic mass is 79.9. The molecule has 0 aliphatic carbocycles. The highest BCUT2D eigenvalue weighted by Crippen LogP contribution is 2.17. The molecular formula is C19H22BrN3O3. The lowest BCUT2D eigenvalue weighted by Gasteiger charge is -2.31. The second kappa shape index (κ2) is 8.51. The number of nitrogens with zero attached hydrogens (tertiary/aromatic N) is 1. The van der Waals surface area contributed by atoms with Crippen LogP contribution in [0.2, 0.25) is 0 Å². The van der Waals surface area contributed by atoms with Gasteiger partial charge >= 0.3 is 0 Å². The number of nitrogens with one attached hydrogen (secondary N) is 2. The topological polar surface area (TPSA) is 74.6 Å². The first-order valence-corrected chi connectivity index (χ1v) is 9.54. The summed E-state index contributed by atoms with van der Waals surface area (Å²) in [6.07, 6.45) is 1.92. The van der Waals surface area contributed by atoms with Gasteiger partial charge in [-0.05, 0) is 65.6 Å². The maximum Gasteiger partial charge on any atom is 0.291 e. The number of halogens is 1. The Labute approximate surface area is 161 Å². The van der Waals surface area contributed by atoms with Crippen molar-refractivity contribution in [3.8, 4) is 0 Å². The smallest absolute Gasteiger partial charge is 0.291 e. The Balaban J connectivity index is 1.59. The van der Waals surface area contributed by atoms with Crippen LogP contribution in [-0.2, 0) is 0 Å². The lowest BCUT2D eigenvalue weighted by atomic mass is 10.0. The molecule has 3 rings (SSSR count). The van der Waals surface area contributed by atoms with Crippen molar-refractivity contribution in [2.75, 3.05) is 25.0 Å². The molecule has 2 N–H and O–H groups in total. The lowest BCUT2D eigenvalue weighted by Crippen LogP contribution is -2.44. The molecule has 26 heavy (non-hydrogen) atoms. The summed E-state index contributed by atoms with van der Waals surface area (Å²) in [4.78, 5) is 27.0. The molecule has 2 heterocycles. The predicted octanol–water partition coefficient (Wildman–Crippen LogP) is 3.51. The number of rotatable bonds is 5. The van der Waals surface area contributed by atoms with Crippen molar-refractivity contribution in [1.82, 2.24) is 10.2 Å². The maximum atomic E-state index is 12.5. The number of likely N-dealkylation sites (tertiary alicyclic amines) is 1. The van der Waals surface area contributed by atoms with E-state index in [-0.39, 0.29) is 23.6 Å². The van der Waals surface area contributed by atoms with Crippen molar-refractivity contribution in [2.45, 2.75) is 25.8 Å². The number of carbonyl (C=O) groups is 2. The minimum atomic E-state index is -0.361. The van der Waals surface area contributed by atoms with E-state index in [4.69, 9.17) is 4.42 Å². The van der Waals surface area contributed by atoms with E-state index in [1.165, 1.54) is 0 Å². The van der Waals surface area contributed by atoms with E-state index < -0.39 is 0 Å². The van der Waals surface area contributed by atoms with Gasteiger partial charge in [0.1, 0.15) is 0 Å². The summed E-state index contributed by atoms with van der Waals surface area (Å²) in [5.41, 5.74) is 1.08. The molecular weight excluding hydrogens is 398 g/mol. The van der Waals surface area contributed by atoms with Crippen molar-refractivity contribution < 1.29 is 14.0 Å². The molecule has 1 saturated heterocycles. The number of carbonyl (C=O) groups excluding carboxylic acids is 2. The first-order valence-electron chi connectivity index (χ1n) is 8.75. The molecule has 1 aliphatic rings. The Morgan fingerprint density at radius 3 is 2.62 bits per heavy atom. The summed E-state index contributed by atoms with van der Waals surface area (Å²) in [6.45, 7) is 5.22. The van der Waals surface area contributed by atoms with E-state index in [9.17, 15) is 9.59 Å². The number of anilines is 1. The van der Waals surface area contributed by atoms with Gasteiger partial charge < -0.3 is 20.0 Å². The molecule has 2 aromatic rings. The number of piperidine rings is 1. The molecule has 0 radical (unpaired) electrons. The van der Waals surface area contributed by atoms with Crippen LogP contribution in [0.3, 0.4) is 0 Å². The molecule has 6 nitrogen and oxygen atoms in total. The van der Waals surface area contributed by atoms with Gasteiger partial charge in [0.2, 0.25) is 0 Å². The van der Waals surface area contributed by atoms with Gasteiger partial charge in [-0.2, -0.15) is 0 Å². The minimum absolute atomic E-state index is 0.114. The van der Waals surface area contributed by atoms with E-state index >= 15 is 0 Å². The van der Waals surface area contributed by atoms with Gasteiger partial charge in [0.05, 0.1) is 0 Å². The Hall–Kier alpha value is -2.12. The summed E-state index contributed by atoms with van der Waals surface area (Å²) in [6, 6.07) is 10.3. The van der Waals surface area contributed by atoms with E-state index in [1.54, 1.807) is 36.4 Å². The van der Waals surface area contributed by atoms with Crippen molar-refractivity contribution in [3.63, 3.8) is 0 Å². The highest BCUT2D eigenvalue weighted by Gasteiger charge is 2.20. The fraction of sp³-hybridized carbons (Fsp3) is 0.368. The van der Waals surface area contributed by atoms with Gasteiger partial charge in [-0.15, -0.1) is 0 Å². The zero-order valence-electron chi connectivity index (χ0n) is 14.6. The Morgan fingerprint density at radius 2 is 1.96 bits per heavy atom. The molecule has 7 heteroatoms. The third-order valence-electron chi connectivity index (χ3n) is 4.55. The number of furan rings is 1. The van der Waals surface area contributed by atoms with E-state index in [0.29, 0.717) is 15.9 Å². The van der Waals surface area contributed by atoms with Crippen LogP contribution in [0.1, 0.15) is 40.7 Å². The van der Waals surface area contributed by atoms with Gasteiger partial charge in [0.25, 0.3) is 11.8 Å². The van der Waals surface area contributed by atoms with E-state index in [2.05, 4.69) is 38.4 Å². The quantitative estimate of drug-likeness (QED) is 0.777. The molecule has 0 spiro atoms. The van der Waals surface area contributed by atoms with Crippen molar-refractivity contribution >= 4 is 33.4 Å². The molecule has 1 aromatic heterocycles. The fourth-order valence-electron chi connectivity index (χ4n) is 3.03. The maximum absolute atomic E-state index is 12.5. The zero-order valence-corrected chi connectivity index (χ0v) is 16.2. The molecule has 1 aliphatic heterocycles.